The zero-order chi connectivity index (χ0) is 13.7. The van der Waals surface area contributed by atoms with Crippen LogP contribution in [-0.2, 0) is 13.6 Å². The lowest BCUT2D eigenvalue weighted by Crippen LogP contribution is -2.29. The highest BCUT2D eigenvalue weighted by molar-refractivity contribution is 5.91. The third-order valence-electron chi connectivity index (χ3n) is 2.60. The Bertz CT molecular complexity index is 603. The molecule has 0 atom stereocenters. The van der Waals surface area contributed by atoms with Gasteiger partial charge in [-0.2, -0.15) is 10.2 Å². The van der Waals surface area contributed by atoms with E-state index >= 15 is 0 Å². The van der Waals surface area contributed by atoms with Gasteiger partial charge in [0, 0.05) is 38.6 Å². The second-order valence-corrected chi connectivity index (χ2v) is 4.06. The quantitative estimate of drug-likeness (QED) is 0.755. The second-order valence-electron chi connectivity index (χ2n) is 4.06. The molecule has 0 aliphatic heterocycles. The van der Waals surface area contributed by atoms with Crippen LogP contribution < -0.4 is 10.9 Å². The first kappa shape index (κ1) is 13.0. The first-order valence-corrected chi connectivity index (χ1v) is 5.97. The van der Waals surface area contributed by atoms with Crippen molar-refractivity contribution in [3.63, 3.8) is 0 Å². The van der Waals surface area contributed by atoms with Crippen LogP contribution in [0.5, 0.6) is 0 Å². The Morgan fingerprint density at radius 2 is 2.26 bits per heavy atom. The Hall–Kier alpha value is -2.44. The Balaban J connectivity index is 1.80. The second kappa shape index (κ2) is 5.94. The summed E-state index contributed by atoms with van der Waals surface area (Å²) in [5.41, 5.74) is -0.00331. The number of hydrogen-bond donors (Lipinski definition) is 1. The van der Waals surface area contributed by atoms with Crippen molar-refractivity contribution < 1.29 is 4.79 Å². The fourth-order valence-corrected chi connectivity index (χ4v) is 1.59. The summed E-state index contributed by atoms with van der Waals surface area (Å²) in [7, 11) is 1.51. The van der Waals surface area contributed by atoms with Crippen LogP contribution in [0.25, 0.3) is 0 Å². The minimum Gasteiger partial charge on any atom is -0.351 e. The lowest BCUT2D eigenvalue weighted by molar-refractivity contribution is 0.0945. The monoisotopic (exact) mass is 261 g/mol. The molecule has 0 aliphatic carbocycles. The zero-order valence-electron chi connectivity index (χ0n) is 10.6. The van der Waals surface area contributed by atoms with Gasteiger partial charge in [-0.15, -0.1) is 0 Å². The zero-order valence-corrected chi connectivity index (χ0v) is 10.6. The number of aromatic nitrogens is 4. The lowest BCUT2D eigenvalue weighted by atomic mass is 10.3. The molecular formula is C12H15N5O2. The standard InChI is InChI=1S/C12H15N5O2/c1-16-11(18)5-4-10(15-16)12(19)13-6-2-8-17-9-3-7-14-17/h3-5,7,9H,2,6,8H2,1H3,(H,13,19). The van der Waals surface area contributed by atoms with Gasteiger partial charge >= 0.3 is 0 Å². The Labute approximate surface area is 109 Å². The summed E-state index contributed by atoms with van der Waals surface area (Å²) in [4.78, 5) is 22.9. The summed E-state index contributed by atoms with van der Waals surface area (Å²) in [5, 5.41) is 10.7. The maximum absolute atomic E-state index is 11.8. The smallest absolute Gasteiger partial charge is 0.271 e. The molecule has 0 spiro atoms. The third kappa shape index (κ3) is 3.51. The Morgan fingerprint density at radius 3 is 2.95 bits per heavy atom. The largest absolute Gasteiger partial charge is 0.351 e. The minimum absolute atomic E-state index is 0.237. The van der Waals surface area contributed by atoms with E-state index in [1.807, 2.05) is 12.3 Å². The molecule has 0 bridgehead atoms. The van der Waals surface area contributed by atoms with E-state index in [1.54, 1.807) is 10.9 Å². The van der Waals surface area contributed by atoms with Crippen molar-refractivity contribution in [3.05, 3.63) is 46.6 Å². The topological polar surface area (TPSA) is 81.8 Å². The molecule has 0 fully saturated rings. The summed E-state index contributed by atoms with van der Waals surface area (Å²) in [6.45, 7) is 1.27. The summed E-state index contributed by atoms with van der Waals surface area (Å²) in [6.07, 6.45) is 4.36. The number of nitrogens with one attached hydrogen (secondary N) is 1. The number of rotatable bonds is 5. The highest BCUT2D eigenvalue weighted by atomic mass is 16.2. The molecule has 0 unspecified atom stereocenters. The predicted molar refractivity (Wildman–Crippen MR) is 68.7 cm³/mol. The van der Waals surface area contributed by atoms with Crippen LogP contribution in [0.3, 0.4) is 0 Å². The molecule has 1 N–H and O–H groups in total. The Kier molecular flexibility index (Phi) is 4.07. The number of hydrogen-bond acceptors (Lipinski definition) is 4. The van der Waals surface area contributed by atoms with Crippen molar-refractivity contribution in [1.82, 2.24) is 24.9 Å². The van der Waals surface area contributed by atoms with E-state index in [2.05, 4.69) is 15.5 Å². The molecule has 0 aromatic carbocycles. The third-order valence-corrected chi connectivity index (χ3v) is 2.60. The van der Waals surface area contributed by atoms with Gasteiger partial charge < -0.3 is 5.32 Å². The van der Waals surface area contributed by atoms with Gasteiger partial charge in [-0.05, 0) is 18.6 Å². The van der Waals surface area contributed by atoms with Crippen molar-refractivity contribution >= 4 is 5.91 Å². The average Bonchev–Trinajstić information content (AvgIpc) is 2.91. The lowest BCUT2D eigenvalue weighted by Gasteiger charge is -2.05. The first-order chi connectivity index (χ1) is 9.16. The van der Waals surface area contributed by atoms with Crippen molar-refractivity contribution in [2.24, 2.45) is 7.05 Å². The number of carbonyl (C=O) groups is 1. The number of aryl methyl sites for hydroxylation is 2. The molecule has 0 radical (unpaired) electrons. The SMILES string of the molecule is Cn1nc(C(=O)NCCCn2cccn2)ccc1=O. The molecule has 2 aromatic heterocycles. The molecule has 0 aliphatic rings. The highest BCUT2D eigenvalue weighted by Crippen LogP contribution is 1.92. The van der Waals surface area contributed by atoms with E-state index in [4.69, 9.17) is 0 Å². The molecule has 1 amide bonds. The van der Waals surface area contributed by atoms with Crippen LogP contribution in [0.2, 0.25) is 0 Å². The maximum atomic E-state index is 11.8. The average molecular weight is 261 g/mol. The molecule has 0 saturated carbocycles. The van der Waals surface area contributed by atoms with Crippen molar-refractivity contribution in [2.75, 3.05) is 6.54 Å². The molecule has 7 heteroatoms. The van der Waals surface area contributed by atoms with Gasteiger partial charge in [-0.1, -0.05) is 0 Å². The van der Waals surface area contributed by atoms with Gasteiger partial charge in [-0.3, -0.25) is 14.3 Å². The summed E-state index contributed by atoms with van der Waals surface area (Å²) in [6, 6.07) is 4.60. The van der Waals surface area contributed by atoms with E-state index in [-0.39, 0.29) is 17.2 Å². The van der Waals surface area contributed by atoms with E-state index in [0.717, 1.165) is 17.6 Å². The molecule has 2 heterocycles. The molecular weight excluding hydrogens is 246 g/mol. The van der Waals surface area contributed by atoms with Gasteiger partial charge in [-0.25, -0.2) is 4.68 Å². The van der Waals surface area contributed by atoms with Gasteiger partial charge in [0.25, 0.3) is 11.5 Å². The van der Waals surface area contributed by atoms with Crippen molar-refractivity contribution in [2.45, 2.75) is 13.0 Å². The molecule has 19 heavy (non-hydrogen) atoms. The minimum atomic E-state index is -0.281. The van der Waals surface area contributed by atoms with Crippen LogP contribution in [0, 0.1) is 0 Å². The summed E-state index contributed by atoms with van der Waals surface area (Å²) in [5.74, 6) is -0.281. The van der Waals surface area contributed by atoms with E-state index < -0.39 is 0 Å². The van der Waals surface area contributed by atoms with Crippen LogP contribution in [0.15, 0.2) is 35.4 Å². The van der Waals surface area contributed by atoms with E-state index in [9.17, 15) is 9.59 Å². The van der Waals surface area contributed by atoms with E-state index in [0.29, 0.717) is 6.54 Å². The number of amides is 1. The van der Waals surface area contributed by atoms with Crippen molar-refractivity contribution in [3.8, 4) is 0 Å². The normalized spacial score (nSPS) is 10.4. The van der Waals surface area contributed by atoms with Gasteiger partial charge in [0.2, 0.25) is 0 Å². The Morgan fingerprint density at radius 1 is 1.42 bits per heavy atom. The number of carbonyl (C=O) groups excluding carboxylic acids is 1. The van der Waals surface area contributed by atoms with Crippen molar-refractivity contribution in [1.29, 1.82) is 0 Å². The van der Waals surface area contributed by atoms with Gasteiger partial charge in [0.15, 0.2) is 0 Å². The molecule has 2 aromatic rings. The molecule has 0 saturated heterocycles. The number of nitrogens with zero attached hydrogens (tertiary/aromatic N) is 4. The maximum Gasteiger partial charge on any atom is 0.271 e. The van der Waals surface area contributed by atoms with Crippen LogP contribution in [0.1, 0.15) is 16.9 Å². The molecule has 2 rings (SSSR count). The summed E-state index contributed by atoms with van der Waals surface area (Å²) < 4.78 is 2.94. The van der Waals surface area contributed by atoms with Gasteiger partial charge in [0.05, 0.1) is 0 Å². The molecule has 7 nitrogen and oxygen atoms in total. The fraction of sp³-hybridized carbons (Fsp3) is 0.333. The van der Waals surface area contributed by atoms with Crippen LogP contribution in [0.4, 0.5) is 0 Å². The predicted octanol–water partition coefficient (Wildman–Crippen LogP) is -0.203. The first-order valence-electron chi connectivity index (χ1n) is 5.97. The van der Waals surface area contributed by atoms with E-state index in [1.165, 1.54) is 19.2 Å². The molecule has 100 valence electrons. The van der Waals surface area contributed by atoms with Crippen LogP contribution in [-0.4, -0.2) is 32.0 Å². The van der Waals surface area contributed by atoms with Crippen LogP contribution >= 0.6 is 0 Å². The summed E-state index contributed by atoms with van der Waals surface area (Å²) >= 11 is 0. The highest BCUT2D eigenvalue weighted by Gasteiger charge is 2.07. The fourth-order valence-electron chi connectivity index (χ4n) is 1.59. The van der Waals surface area contributed by atoms with Gasteiger partial charge in [0.1, 0.15) is 5.69 Å².